The van der Waals surface area contributed by atoms with Crippen molar-refractivity contribution in [1.82, 2.24) is 10.2 Å². The fourth-order valence-corrected chi connectivity index (χ4v) is 4.90. The first-order valence-electron chi connectivity index (χ1n) is 12.1. The van der Waals surface area contributed by atoms with E-state index < -0.39 is 24.1 Å². The molecule has 0 saturated carbocycles. The molecule has 0 radical (unpaired) electrons. The number of rotatable bonds is 8. The molecule has 2 unspecified atom stereocenters. The lowest BCUT2D eigenvalue weighted by Gasteiger charge is -2.36. The third kappa shape index (κ3) is 5.65. The second-order valence-electron chi connectivity index (χ2n) is 9.44. The number of aliphatic carboxylic acids is 1. The van der Waals surface area contributed by atoms with Crippen molar-refractivity contribution in [3.63, 3.8) is 0 Å². The molecule has 8 heteroatoms. The summed E-state index contributed by atoms with van der Waals surface area (Å²) in [6, 6.07) is 15.3. The number of carboxylic acid groups (broad SMARTS) is 1. The van der Waals surface area contributed by atoms with E-state index in [9.17, 15) is 14.4 Å². The highest BCUT2D eigenvalue weighted by Crippen LogP contribution is 2.44. The lowest BCUT2D eigenvalue weighted by atomic mass is 9.98. The van der Waals surface area contributed by atoms with Crippen LogP contribution in [0.2, 0.25) is 0 Å². The molecule has 0 spiro atoms. The largest absolute Gasteiger partial charge is 0.481 e. The number of fused-ring (bicyclic) bond motifs is 3. The Morgan fingerprint density at radius 3 is 2.31 bits per heavy atom. The van der Waals surface area contributed by atoms with E-state index in [1.807, 2.05) is 38.1 Å². The topological polar surface area (TPSA) is 105 Å². The third-order valence-electron chi connectivity index (χ3n) is 6.80. The molecule has 2 aliphatic rings. The summed E-state index contributed by atoms with van der Waals surface area (Å²) in [5.74, 6) is -1.23. The van der Waals surface area contributed by atoms with Gasteiger partial charge in [0.15, 0.2) is 0 Å². The van der Waals surface area contributed by atoms with Crippen LogP contribution in [-0.4, -0.2) is 66.4 Å². The van der Waals surface area contributed by atoms with Crippen molar-refractivity contribution in [2.75, 3.05) is 26.4 Å². The molecule has 1 aliphatic carbocycles. The lowest BCUT2D eigenvalue weighted by molar-refractivity contribution is -0.146. The van der Waals surface area contributed by atoms with Gasteiger partial charge in [0.05, 0.1) is 25.7 Å². The van der Waals surface area contributed by atoms with Gasteiger partial charge in [-0.05, 0) is 28.2 Å². The summed E-state index contributed by atoms with van der Waals surface area (Å²) in [5.41, 5.74) is 4.58. The van der Waals surface area contributed by atoms with Crippen LogP contribution in [0, 0.1) is 5.92 Å². The first kappa shape index (κ1) is 24.7. The summed E-state index contributed by atoms with van der Waals surface area (Å²) in [6.07, 6.45) is -0.669. The number of amides is 2. The van der Waals surface area contributed by atoms with Gasteiger partial charge in [-0.1, -0.05) is 62.4 Å². The highest BCUT2D eigenvalue weighted by Gasteiger charge is 2.32. The molecular formula is C27H32N2O6. The van der Waals surface area contributed by atoms with Crippen molar-refractivity contribution in [3.05, 3.63) is 59.7 Å². The van der Waals surface area contributed by atoms with Crippen LogP contribution >= 0.6 is 0 Å². The Labute approximate surface area is 205 Å². The molecule has 2 atom stereocenters. The summed E-state index contributed by atoms with van der Waals surface area (Å²) in [5, 5.41) is 12.0. The van der Waals surface area contributed by atoms with Gasteiger partial charge < -0.3 is 24.8 Å². The van der Waals surface area contributed by atoms with Crippen LogP contribution in [0.3, 0.4) is 0 Å². The number of nitrogens with one attached hydrogen (secondary N) is 1. The van der Waals surface area contributed by atoms with E-state index in [0.29, 0.717) is 13.2 Å². The van der Waals surface area contributed by atoms with Gasteiger partial charge in [0.2, 0.25) is 5.91 Å². The Bertz CT molecular complexity index is 1040. The Kier molecular flexibility index (Phi) is 7.70. The van der Waals surface area contributed by atoms with Crippen molar-refractivity contribution in [3.8, 4) is 11.1 Å². The number of carbonyl (C=O) groups is 3. The maximum absolute atomic E-state index is 13.0. The summed E-state index contributed by atoms with van der Waals surface area (Å²) in [4.78, 5) is 38.5. The van der Waals surface area contributed by atoms with Gasteiger partial charge >= 0.3 is 12.1 Å². The minimum atomic E-state index is -0.976. The normalized spacial score (nSPS) is 18.0. The molecule has 1 fully saturated rings. The van der Waals surface area contributed by atoms with Crippen molar-refractivity contribution < 1.29 is 29.0 Å². The zero-order valence-corrected chi connectivity index (χ0v) is 20.1. The molecule has 1 aliphatic heterocycles. The number of ether oxygens (including phenoxy) is 2. The van der Waals surface area contributed by atoms with Crippen molar-refractivity contribution in [1.29, 1.82) is 0 Å². The number of morpholine rings is 1. The number of alkyl carbamates (subject to hydrolysis) is 1. The second-order valence-corrected chi connectivity index (χ2v) is 9.44. The number of benzene rings is 2. The molecule has 0 bridgehead atoms. The maximum Gasteiger partial charge on any atom is 0.407 e. The molecule has 1 heterocycles. The quantitative estimate of drug-likeness (QED) is 0.598. The predicted octanol–water partition coefficient (Wildman–Crippen LogP) is 3.64. The molecular weight excluding hydrogens is 448 g/mol. The number of carboxylic acids is 1. The van der Waals surface area contributed by atoms with E-state index >= 15 is 0 Å². The van der Waals surface area contributed by atoms with Gasteiger partial charge in [-0.25, -0.2) is 4.79 Å². The lowest BCUT2D eigenvalue weighted by Crippen LogP contribution is -2.52. The van der Waals surface area contributed by atoms with Gasteiger partial charge in [0.1, 0.15) is 6.61 Å². The third-order valence-corrected chi connectivity index (χ3v) is 6.80. The fourth-order valence-electron chi connectivity index (χ4n) is 4.90. The van der Waals surface area contributed by atoms with Gasteiger partial charge in [0, 0.05) is 24.9 Å². The van der Waals surface area contributed by atoms with Crippen LogP contribution in [0.5, 0.6) is 0 Å². The molecule has 2 aromatic rings. The second kappa shape index (κ2) is 10.9. The molecule has 35 heavy (non-hydrogen) atoms. The number of carbonyl (C=O) groups excluding carboxylic acids is 2. The summed E-state index contributed by atoms with van der Waals surface area (Å²) < 4.78 is 11.0. The van der Waals surface area contributed by atoms with Gasteiger partial charge in [-0.15, -0.1) is 0 Å². The first-order valence-corrected chi connectivity index (χ1v) is 12.1. The van der Waals surface area contributed by atoms with Crippen LogP contribution in [-0.2, 0) is 19.1 Å². The Balaban J connectivity index is 1.37. The molecule has 0 aromatic heterocycles. The van der Waals surface area contributed by atoms with Crippen LogP contribution < -0.4 is 5.32 Å². The predicted molar refractivity (Wildman–Crippen MR) is 130 cm³/mol. The van der Waals surface area contributed by atoms with Crippen LogP contribution in [0.1, 0.15) is 43.7 Å². The minimum absolute atomic E-state index is 0.0154. The van der Waals surface area contributed by atoms with Gasteiger partial charge in [-0.3, -0.25) is 9.59 Å². The van der Waals surface area contributed by atoms with Crippen molar-refractivity contribution in [2.45, 2.75) is 44.7 Å². The summed E-state index contributed by atoms with van der Waals surface area (Å²) in [6.45, 7) is 4.96. The van der Waals surface area contributed by atoms with Gasteiger partial charge in [0.25, 0.3) is 0 Å². The molecule has 2 aromatic carbocycles. The molecule has 186 valence electrons. The van der Waals surface area contributed by atoms with Gasteiger partial charge in [-0.2, -0.15) is 0 Å². The number of hydrogen-bond acceptors (Lipinski definition) is 5. The minimum Gasteiger partial charge on any atom is -0.481 e. The van der Waals surface area contributed by atoms with E-state index in [4.69, 9.17) is 14.6 Å². The molecule has 8 nitrogen and oxygen atoms in total. The number of nitrogens with zero attached hydrogens (tertiary/aromatic N) is 1. The Hall–Kier alpha value is -3.39. The van der Waals surface area contributed by atoms with Crippen LogP contribution in [0.15, 0.2) is 48.5 Å². The molecule has 2 amide bonds. The highest BCUT2D eigenvalue weighted by molar-refractivity contribution is 5.80. The maximum atomic E-state index is 13.0. The standard InChI is InChI=1S/C27H32N2O6/c1-17(2)24(14-25(30)29-11-12-34-15-18(29)13-26(31)32)28-27(33)35-16-23-21-9-5-3-7-19(21)20-8-4-6-10-22(20)23/h3-10,17-18,23-24H,11-16H2,1-2H3,(H,28,33)(H,31,32). The smallest absolute Gasteiger partial charge is 0.407 e. The van der Waals surface area contributed by atoms with E-state index in [0.717, 1.165) is 22.3 Å². The van der Waals surface area contributed by atoms with Crippen molar-refractivity contribution >= 4 is 18.0 Å². The van der Waals surface area contributed by atoms with E-state index in [1.165, 1.54) is 0 Å². The summed E-state index contributed by atoms with van der Waals surface area (Å²) >= 11 is 0. The average Bonchev–Trinajstić information content (AvgIpc) is 3.16. The first-order chi connectivity index (χ1) is 16.8. The highest BCUT2D eigenvalue weighted by atomic mass is 16.5. The Morgan fingerprint density at radius 2 is 1.71 bits per heavy atom. The zero-order valence-electron chi connectivity index (χ0n) is 20.1. The monoisotopic (exact) mass is 480 g/mol. The number of hydrogen-bond donors (Lipinski definition) is 2. The molecule has 2 N–H and O–H groups in total. The van der Waals surface area contributed by atoms with E-state index in [-0.39, 0.29) is 43.8 Å². The fraction of sp³-hybridized carbons (Fsp3) is 0.444. The molecule has 4 rings (SSSR count). The summed E-state index contributed by atoms with van der Waals surface area (Å²) in [7, 11) is 0. The average molecular weight is 481 g/mol. The van der Waals surface area contributed by atoms with Crippen molar-refractivity contribution in [2.24, 2.45) is 5.92 Å². The van der Waals surface area contributed by atoms with E-state index in [2.05, 4.69) is 29.6 Å². The van der Waals surface area contributed by atoms with Crippen LogP contribution in [0.25, 0.3) is 11.1 Å². The molecule has 1 saturated heterocycles. The SMILES string of the molecule is CC(C)C(CC(=O)N1CCOCC1CC(=O)O)NC(=O)OCC1c2ccccc2-c2ccccc21. The van der Waals surface area contributed by atoms with E-state index in [1.54, 1.807) is 4.90 Å². The Morgan fingerprint density at radius 1 is 1.09 bits per heavy atom. The zero-order chi connectivity index (χ0) is 24.9. The van der Waals surface area contributed by atoms with Crippen LogP contribution in [0.4, 0.5) is 4.79 Å².